The first kappa shape index (κ1) is 23.8. The summed E-state index contributed by atoms with van der Waals surface area (Å²) in [7, 11) is 0. The summed E-state index contributed by atoms with van der Waals surface area (Å²) in [5, 5.41) is 0.932. The average Bonchev–Trinajstić information content (AvgIpc) is 2.84. The predicted molar refractivity (Wildman–Crippen MR) is 136 cm³/mol. The molecule has 1 saturated heterocycles. The Bertz CT molecular complexity index is 1400. The molecule has 0 spiro atoms. The van der Waals surface area contributed by atoms with Crippen molar-refractivity contribution in [3.05, 3.63) is 68.8 Å². The summed E-state index contributed by atoms with van der Waals surface area (Å²) in [5.41, 5.74) is 2.01. The number of terminal acetylenes is 1. The molecule has 4 rings (SSSR count). The van der Waals surface area contributed by atoms with Crippen LogP contribution in [-0.2, 0) is 4.79 Å². The molecule has 1 amide bonds. The van der Waals surface area contributed by atoms with Crippen LogP contribution < -0.4 is 10.5 Å². The van der Waals surface area contributed by atoms with Crippen molar-refractivity contribution < 1.29 is 4.79 Å². The van der Waals surface area contributed by atoms with Gasteiger partial charge in [0.05, 0.1) is 22.1 Å². The standard InChI is InChI=1S/C25H23Cl2N5O2/c1-5-16-22(31-12-10-30(11-13-31)20(33)6-2)17-14-18(26)23(27)29-24(17)32(25(16)34)19-8-7-9-28-21(19)15(3)4/h1,6-9,14-15H,2,10-13H2,3-4H3. The number of piperazine rings is 1. The third kappa shape index (κ3) is 4.04. The maximum atomic E-state index is 13.8. The van der Waals surface area contributed by atoms with Crippen molar-refractivity contribution >= 4 is 45.8 Å². The van der Waals surface area contributed by atoms with Gasteiger partial charge in [0.1, 0.15) is 10.7 Å². The Morgan fingerprint density at radius 1 is 1.26 bits per heavy atom. The van der Waals surface area contributed by atoms with Crippen molar-refractivity contribution in [1.82, 2.24) is 19.4 Å². The second-order valence-electron chi connectivity index (χ2n) is 8.22. The van der Waals surface area contributed by atoms with Gasteiger partial charge < -0.3 is 9.80 Å². The number of anilines is 1. The number of carbonyl (C=O) groups is 1. The van der Waals surface area contributed by atoms with E-state index in [1.165, 1.54) is 10.6 Å². The Labute approximate surface area is 207 Å². The highest BCUT2D eigenvalue weighted by molar-refractivity contribution is 6.41. The molecule has 34 heavy (non-hydrogen) atoms. The average molecular weight is 496 g/mol. The molecule has 174 valence electrons. The van der Waals surface area contributed by atoms with Crippen LogP contribution >= 0.6 is 23.2 Å². The van der Waals surface area contributed by atoms with Gasteiger partial charge in [0.25, 0.3) is 5.56 Å². The van der Waals surface area contributed by atoms with Crippen molar-refractivity contribution in [3.63, 3.8) is 0 Å². The van der Waals surface area contributed by atoms with Gasteiger partial charge in [-0.15, -0.1) is 6.42 Å². The highest BCUT2D eigenvalue weighted by Crippen LogP contribution is 2.35. The first-order chi connectivity index (χ1) is 16.3. The molecule has 0 N–H and O–H groups in total. The Morgan fingerprint density at radius 3 is 2.59 bits per heavy atom. The fourth-order valence-corrected chi connectivity index (χ4v) is 4.54. The molecule has 0 aliphatic carbocycles. The molecular weight excluding hydrogens is 473 g/mol. The molecule has 0 unspecified atom stereocenters. The van der Waals surface area contributed by atoms with E-state index < -0.39 is 5.56 Å². The van der Waals surface area contributed by atoms with Gasteiger partial charge in [-0.1, -0.05) is 49.5 Å². The molecule has 3 aromatic rings. The first-order valence-corrected chi connectivity index (χ1v) is 11.6. The molecule has 0 saturated carbocycles. The Morgan fingerprint density at radius 2 is 1.97 bits per heavy atom. The number of halogens is 2. The van der Waals surface area contributed by atoms with E-state index >= 15 is 0 Å². The zero-order chi connectivity index (χ0) is 24.6. The maximum absolute atomic E-state index is 13.8. The summed E-state index contributed by atoms with van der Waals surface area (Å²) in [6.07, 6.45) is 8.88. The van der Waals surface area contributed by atoms with Crippen LogP contribution in [0.4, 0.5) is 5.69 Å². The van der Waals surface area contributed by atoms with Gasteiger partial charge in [-0.25, -0.2) is 4.98 Å². The van der Waals surface area contributed by atoms with Crippen LogP contribution in [0, 0.1) is 12.3 Å². The molecule has 1 fully saturated rings. The summed E-state index contributed by atoms with van der Waals surface area (Å²) >= 11 is 12.7. The van der Waals surface area contributed by atoms with E-state index in [4.69, 9.17) is 29.6 Å². The third-order valence-electron chi connectivity index (χ3n) is 5.86. The van der Waals surface area contributed by atoms with Crippen LogP contribution in [0.25, 0.3) is 16.7 Å². The largest absolute Gasteiger partial charge is 0.366 e. The first-order valence-electron chi connectivity index (χ1n) is 10.8. The van der Waals surface area contributed by atoms with Crippen molar-refractivity contribution in [3.8, 4) is 18.0 Å². The topological polar surface area (TPSA) is 71.3 Å². The lowest BCUT2D eigenvalue weighted by Crippen LogP contribution is -2.49. The Kier molecular flexibility index (Phi) is 6.65. The summed E-state index contributed by atoms with van der Waals surface area (Å²) in [5.74, 6) is 2.51. The lowest BCUT2D eigenvalue weighted by molar-refractivity contribution is -0.126. The second kappa shape index (κ2) is 9.49. The molecule has 3 aromatic heterocycles. The summed E-state index contributed by atoms with van der Waals surface area (Å²) in [4.78, 5) is 38.5. The number of carbonyl (C=O) groups excluding carboxylic acids is 1. The molecule has 1 aliphatic rings. The summed E-state index contributed by atoms with van der Waals surface area (Å²) < 4.78 is 1.47. The van der Waals surface area contributed by atoms with Crippen LogP contribution in [0.2, 0.25) is 10.2 Å². The van der Waals surface area contributed by atoms with Crippen molar-refractivity contribution in [2.24, 2.45) is 0 Å². The third-order valence-corrected chi connectivity index (χ3v) is 6.54. The Hall–Kier alpha value is -3.34. The number of nitrogens with zero attached hydrogens (tertiary/aromatic N) is 5. The molecule has 4 heterocycles. The smallest absolute Gasteiger partial charge is 0.274 e. The van der Waals surface area contributed by atoms with Gasteiger partial charge in [-0.05, 0) is 30.2 Å². The second-order valence-corrected chi connectivity index (χ2v) is 8.98. The van der Waals surface area contributed by atoms with Crippen LogP contribution in [0.1, 0.15) is 31.0 Å². The van der Waals surface area contributed by atoms with Crippen LogP contribution in [0.5, 0.6) is 0 Å². The van der Waals surface area contributed by atoms with Gasteiger partial charge in [0.2, 0.25) is 5.91 Å². The number of rotatable bonds is 4. The van der Waals surface area contributed by atoms with E-state index in [2.05, 4.69) is 22.5 Å². The van der Waals surface area contributed by atoms with E-state index in [1.807, 2.05) is 24.8 Å². The van der Waals surface area contributed by atoms with Gasteiger partial charge >= 0.3 is 0 Å². The lowest BCUT2D eigenvalue weighted by Gasteiger charge is -2.36. The normalized spacial score (nSPS) is 13.9. The van der Waals surface area contributed by atoms with E-state index in [0.29, 0.717) is 48.6 Å². The quantitative estimate of drug-likeness (QED) is 0.310. The number of fused-ring (bicyclic) bond motifs is 1. The molecule has 0 bridgehead atoms. The number of hydrogen-bond donors (Lipinski definition) is 0. The predicted octanol–water partition coefficient (Wildman–Crippen LogP) is 4.03. The zero-order valence-corrected chi connectivity index (χ0v) is 20.4. The van der Waals surface area contributed by atoms with Gasteiger partial charge in [0.15, 0.2) is 5.65 Å². The lowest BCUT2D eigenvalue weighted by atomic mass is 10.1. The van der Waals surface area contributed by atoms with Gasteiger partial charge in [-0.3, -0.25) is 19.1 Å². The highest BCUT2D eigenvalue weighted by atomic mass is 35.5. The van der Waals surface area contributed by atoms with Crippen LogP contribution in [0.3, 0.4) is 0 Å². The minimum atomic E-state index is -0.393. The maximum Gasteiger partial charge on any atom is 0.274 e. The van der Waals surface area contributed by atoms with Crippen molar-refractivity contribution in [1.29, 1.82) is 0 Å². The number of aromatic nitrogens is 3. The zero-order valence-electron chi connectivity index (χ0n) is 18.9. The minimum Gasteiger partial charge on any atom is -0.366 e. The van der Waals surface area contributed by atoms with Crippen molar-refractivity contribution in [2.45, 2.75) is 19.8 Å². The molecular formula is C25H23Cl2N5O2. The molecule has 9 heteroatoms. The SMILES string of the molecule is C#Cc1c(N2CCN(C(=O)C=C)CC2)c2cc(Cl)c(Cl)nc2n(-c2cccnc2C(C)C)c1=O. The fraction of sp³-hybridized carbons (Fsp3) is 0.280. The summed E-state index contributed by atoms with van der Waals surface area (Å²) in [6.45, 7) is 9.45. The number of amides is 1. The molecule has 7 nitrogen and oxygen atoms in total. The molecule has 0 radical (unpaired) electrons. The molecule has 0 aromatic carbocycles. The van der Waals surface area contributed by atoms with Crippen LogP contribution in [-0.4, -0.2) is 51.5 Å². The molecule has 1 aliphatic heterocycles. The number of hydrogen-bond acceptors (Lipinski definition) is 5. The highest BCUT2D eigenvalue weighted by Gasteiger charge is 2.27. The number of pyridine rings is 3. The molecule has 0 atom stereocenters. The monoisotopic (exact) mass is 495 g/mol. The summed E-state index contributed by atoms with van der Waals surface area (Å²) in [6, 6.07) is 5.26. The minimum absolute atomic E-state index is 0.0466. The van der Waals surface area contributed by atoms with E-state index in [1.54, 1.807) is 23.2 Å². The van der Waals surface area contributed by atoms with Gasteiger partial charge in [0, 0.05) is 37.8 Å². The van der Waals surface area contributed by atoms with Crippen LogP contribution in [0.15, 0.2) is 41.8 Å². The fourth-order valence-electron chi connectivity index (χ4n) is 4.25. The van der Waals surface area contributed by atoms with E-state index in [-0.39, 0.29) is 27.6 Å². The Balaban J connectivity index is 2.01. The van der Waals surface area contributed by atoms with E-state index in [0.717, 1.165) is 5.69 Å². The van der Waals surface area contributed by atoms with E-state index in [9.17, 15) is 9.59 Å². The van der Waals surface area contributed by atoms with Gasteiger partial charge in [-0.2, -0.15) is 0 Å². The van der Waals surface area contributed by atoms with Crippen molar-refractivity contribution in [2.75, 3.05) is 31.1 Å².